The van der Waals surface area contributed by atoms with Crippen molar-refractivity contribution in [3.05, 3.63) is 53.6 Å². The zero-order valence-corrected chi connectivity index (χ0v) is 13.1. The van der Waals surface area contributed by atoms with Gasteiger partial charge in [0.05, 0.1) is 18.1 Å². The molecule has 0 bridgehead atoms. The number of carbonyl (C=O) groups is 1. The number of amides is 1. The average Bonchev–Trinajstić information content (AvgIpc) is 2.93. The van der Waals surface area contributed by atoms with Crippen molar-refractivity contribution in [2.24, 2.45) is 0 Å². The molecule has 1 atom stereocenters. The first-order chi connectivity index (χ1) is 10.6. The smallest absolute Gasteiger partial charge is 0.219 e. The van der Waals surface area contributed by atoms with Gasteiger partial charge in [0.25, 0.3) is 0 Å². The number of hydrogen-bond donors (Lipinski definition) is 1. The minimum absolute atomic E-state index is 0.150. The van der Waals surface area contributed by atoms with Gasteiger partial charge in [-0.05, 0) is 12.5 Å². The fourth-order valence-corrected chi connectivity index (χ4v) is 3.03. The van der Waals surface area contributed by atoms with E-state index in [1.165, 1.54) is 5.56 Å². The van der Waals surface area contributed by atoms with Crippen LogP contribution in [0.2, 0.25) is 0 Å². The molecule has 0 saturated carbocycles. The molecular formula is C17H22N4O. The Bertz CT molecular complexity index is 637. The van der Waals surface area contributed by atoms with Crippen molar-refractivity contribution in [3.8, 4) is 0 Å². The lowest BCUT2D eigenvalue weighted by Gasteiger charge is -2.41. The molecule has 0 radical (unpaired) electrons. The maximum absolute atomic E-state index is 11.7. The van der Waals surface area contributed by atoms with Gasteiger partial charge in [-0.3, -0.25) is 9.69 Å². The number of aromatic amines is 1. The predicted octanol–water partition coefficient (Wildman–Crippen LogP) is 2.12. The molecule has 2 aromatic rings. The van der Waals surface area contributed by atoms with Crippen LogP contribution in [0.3, 0.4) is 0 Å². The van der Waals surface area contributed by atoms with Crippen LogP contribution in [0.4, 0.5) is 0 Å². The fraction of sp³-hybridized carbons (Fsp3) is 0.412. The first kappa shape index (κ1) is 14.8. The zero-order chi connectivity index (χ0) is 15.5. The van der Waals surface area contributed by atoms with Crippen LogP contribution in [0.1, 0.15) is 29.9 Å². The number of aryl methyl sites for hydroxylation is 1. The molecule has 1 aromatic heterocycles. The first-order valence-electron chi connectivity index (χ1n) is 7.68. The number of nitrogens with zero attached hydrogens (tertiary/aromatic N) is 3. The summed E-state index contributed by atoms with van der Waals surface area (Å²) in [5.74, 6) is 0.150. The molecule has 0 spiro atoms. The molecule has 22 heavy (non-hydrogen) atoms. The normalized spacial score (nSPS) is 19.4. The topological polar surface area (TPSA) is 52.2 Å². The van der Waals surface area contributed by atoms with Crippen LogP contribution in [-0.2, 0) is 11.3 Å². The third-order valence-electron chi connectivity index (χ3n) is 4.41. The highest BCUT2D eigenvalue weighted by Gasteiger charge is 2.29. The van der Waals surface area contributed by atoms with Crippen LogP contribution in [0.25, 0.3) is 0 Å². The summed E-state index contributed by atoms with van der Waals surface area (Å²) < 4.78 is 0. The summed E-state index contributed by atoms with van der Waals surface area (Å²) in [4.78, 5) is 23.6. The van der Waals surface area contributed by atoms with Crippen molar-refractivity contribution in [2.75, 3.05) is 19.6 Å². The lowest BCUT2D eigenvalue weighted by Crippen LogP contribution is -2.49. The number of piperazine rings is 1. The molecule has 1 aliphatic heterocycles. The van der Waals surface area contributed by atoms with Gasteiger partial charge in [-0.2, -0.15) is 0 Å². The molecule has 3 rings (SSSR count). The summed E-state index contributed by atoms with van der Waals surface area (Å²) in [6.45, 7) is 6.89. The van der Waals surface area contributed by atoms with E-state index in [2.05, 4.69) is 39.1 Å². The molecule has 1 saturated heterocycles. The Morgan fingerprint density at radius 1 is 1.32 bits per heavy atom. The third kappa shape index (κ3) is 3.04. The van der Waals surface area contributed by atoms with Gasteiger partial charge in [0.2, 0.25) is 5.91 Å². The van der Waals surface area contributed by atoms with E-state index in [0.29, 0.717) is 0 Å². The van der Waals surface area contributed by atoms with Gasteiger partial charge in [0.15, 0.2) is 0 Å². The number of hydrogen-bond acceptors (Lipinski definition) is 3. The Balaban J connectivity index is 1.84. The molecule has 116 valence electrons. The van der Waals surface area contributed by atoms with Crippen molar-refractivity contribution in [1.29, 1.82) is 0 Å². The second kappa shape index (κ2) is 6.32. The van der Waals surface area contributed by atoms with E-state index in [9.17, 15) is 4.79 Å². The molecule has 1 amide bonds. The minimum atomic E-state index is 0.150. The van der Waals surface area contributed by atoms with Crippen LogP contribution in [-0.4, -0.2) is 45.3 Å². The summed E-state index contributed by atoms with van der Waals surface area (Å²) >= 11 is 0. The van der Waals surface area contributed by atoms with E-state index < -0.39 is 0 Å². The molecule has 5 heteroatoms. The van der Waals surface area contributed by atoms with Crippen molar-refractivity contribution < 1.29 is 4.79 Å². The third-order valence-corrected chi connectivity index (χ3v) is 4.41. The number of benzene rings is 1. The molecule has 1 aliphatic rings. The summed E-state index contributed by atoms with van der Waals surface area (Å²) in [6.07, 6.45) is 1.74. The Labute approximate surface area is 131 Å². The van der Waals surface area contributed by atoms with E-state index in [4.69, 9.17) is 0 Å². The van der Waals surface area contributed by atoms with Crippen LogP contribution < -0.4 is 0 Å². The van der Waals surface area contributed by atoms with Crippen LogP contribution >= 0.6 is 0 Å². The number of carbonyl (C=O) groups excluding carboxylic acids is 1. The number of nitrogens with one attached hydrogen (secondary N) is 1. The maximum Gasteiger partial charge on any atom is 0.219 e. The van der Waals surface area contributed by atoms with Gasteiger partial charge in [-0.1, -0.05) is 30.3 Å². The van der Waals surface area contributed by atoms with Gasteiger partial charge >= 0.3 is 0 Å². The molecule has 1 aromatic carbocycles. The van der Waals surface area contributed by atoms with Gasteiger partial charge < -0.3 is 9.88 Å². The Morgan fingerprint density at radius 3 is 2.73 bits per heavy atom. The first-order valence-corrected chi connectivity index (χ1v) is 7.68. The van der Waals surface area contributed by atoms with E-state index in [1.54, 1.807) is 13.3 Å². The quantitative estimate of drug-likeness (QED) is 0.944. The van der Waals surface area contributed by atoms with Crippen molar-refractivity contribution in [2.45, 2.75) is 26.4 Å². The Kier molecular flexibility index (Phi) is 4.24. The average molecular weight is 298 g/mol. The molecule has 1 unspecified atom stereocenters. The highest BCUT2D eigenvalue weighted by molar-refractivity contribution is 5.73. The van der Waals surface area contributed by atoms with Crippen molar-refractivity contribution >= 4 is 5.91 Å². The van der Waals surface area contributed by atoms with Gasteiger partial charge in [-0.15, -0.1) is 0 Å². The van der Waals surface area contributed by atoms with E-state index in [-0.39, 0.29) is 11.9 Å². The summed E-state index contributed by atoms with van der Waals surface area (Å²) in [5, 5.41) is 0. The monoisotopic (exact) mass is 298 g/mol. The number of imidazole rings is 1. The molecular weight excluding hydrogens is 276 g/mol. The second-order valence-electron chi connectivity index (χ2n) is 5.84. The van der Waals surface area contributed by atoms with E-state index in [1.807, 2.05) is 17.9 Å². The summed E-state index contributed by atoms with van der Waals surface area (Å²) in [5.41, 5.74) is 3.44. The standard InChI is InChI=1S/C17H22N4O/c1-13-16(19-12-18-13)10-21-9-8-20(14(2)22)11-17(21)15-6-4-3-5-7-15/h3-7,12,17H,8-11H2,1-2H3,(H,18,19). The second-order valence-corrected chi connectivity index (χ2v) is 5.84. The van der Waals surface area contributed by atoms with Gasteiger partial charge in [0, 0.05) is 38.8 Å². The lowest BCUT2D eigenvalue weighted by molar-refractivity contribution is -0.132. The van der Waals surface area contributed by atoms with E-state index >= 15 is 0 Å². The highest BCUT2D eigenvalue weighted by Crippen LogP contribution is 2.27. The minimum Gasteiger partial charge on any atom is -0.348 e. The maximum atomic E-state index is 11.7. The molecule has 1 N–H and O–H groups in total. The van der Waals surface area contributed by atoms with Crippen molar-refractivity contribution in [1.82, 2.24) is 19.8 Å². The molecule has 5 nitrogen and oxygen atoms in total. The largest absolute Gasteiger partial charge is 0.348 e. The molecule has 2 heterocycles. The van der Waals surface area contributed by atoms with Crippen LogP contribution in [0.5, 0.6) is 0 Å². The van der Waals surface area contributed by atoms with Crippen LogP contribution in [0, 0.1) is 6.92 Å². The van der Waals surface area contributed by atoms with Gasteiger partial charge in [0.1, 0.15) is 0 Å². The summed E-state index contributed by atoms with van der Waals surface area (Å²) in [6, 6.07) is 10.6. The predicted molar refractivity (Wildman–Crippen MR) is 85.2 cm³/mol. The zero-order valence-electron chi connectivity index (χ0n) is 13.1. The Morgan fingerprint density at radius 2 is 2.09 bits per heavy atom. The van der Waals surface area contributed by atoms with Crippen LogP contribution in [0.15, 0.2) is 36.7 Å². The lowest BCUT2D eigenvalue weighted by atomic mass is 10.0. The number of aromatic nitrogens is 2. The number of rotatable bonds is 3. The fourth-order valence-electron chi connectivity index (χ4n) is 3.03. The Hall–Kier alpha value is -2.14. The SMILES string of the molecule is CC(=O)N1CCN(Cc2nc[nH]c2C)C(c2ccccc2)C1. The molecule has 1 fully saturated rings. The van der Waals surface area contributed by atoms with E-state index in [0.717, 1.165) is 37.6 Å². The summed E-state index contributed by atoms with van der Waals surface area (Å²) in [7, 11) is 0. The number of H-pyrrole nitrogens is 1. The van der Waals surface area contributed by atoms with Crippen molar-refractivity contribution in [3.63, 3.8) is 0 Å². The highest BCUT2D eigenvalue weighted by atomic mass is 16.2. The van der Waals surface area contributed by atoms with Gasteiger partial charge in [-0.25, -0.2) is 4.98 Å². The molecule has 0 aliphatic carbocycles.